The van der Waals surface area contributed by atoms with Crippen molar-refractivity contribution in [3.8, 4) is 0 Å². The van der Waals surface area contributed by atoms with Crippen molar-refractivity contribution in [1.82, 2.24) is 0 Å². The quantitative estimate of drug-likeness (QED) is 0.755. The first-order valence-electron chi connectivity index (χ1n) is 6.02. The first kappa shape index (κ1) is 12.3. The maximum atomic E-state index is 9.18. The summed E-state index contributed by atoms with van der Waals surface area (Å²) in [5.41, 5.74) is 3.81. The number of rotatable bonds is 6. The molecule has 1 nitrogen and oxygen atoms in total. The molecule has 0 aromatic heterocycles. The van der Waals surface area contributed by atoms with Crippen molar-refractivity contribution in [2.75, 3.05) is 0 Å². The Hall–Kier alpha value is -0.820. The van der Waals surface area contributed by atoms with Crippen LogP contribution in [-0.2, 0) is 19.4 Å². The fourth-order valence-corrected chi connectivity index (χ4v) is 1.89. The number of unbranched alkanes of at least 4 members (excludes halogenated alkanes) is 1. The maximum Gasteiger partial charge on any atom is 0.0682 e. The van der Waals surface area contributed by atoms with Crippen LogP contribution in [0, 0.1) is 0 Å². The molecule has 0 atom stereocenters. The molecule has 0 radical (unpaired) electrons. The number of aryl methyl sites for hydroxylation is 2. The summed E-state index contributed by atoms with van der Waals surface area (Å²) in [5, 5.41) is 9.18. The van der Waals surface area contributed by atoms with Gasteiger partial charge in [0.1, 0.15) is 0 Å². The number of hydrogen-bond acceptors (Lipinski definition) is 1. The molecule has 0 fully saturated rings. The van der Waals surface area contributed by atoms with Crippen molar-refractivity contribution in [3.05, 3.63) is 34.9 Å². The van der Waals surface area contributed by atoms with Crippen LogP contribution in [0.4, 0.5) is 0 Å². The molecular formula is C14H22O. The Balaban J connectivity index is 2.79. The van der Waals surface area contributed by atoms with Crippen LogP contribution in [0.2, 0.25) is 0 Å². The van der Waals surface area contributed by atoms with E-state index in [-0.39, 0.29) is 6.61 Å². The van der Waals surface area contributed by atoms with Gasteiger partial charge in [-0.2, -0.15) is 0 Å². The Kier molecular flexibility index (Phi) is 5.41. The summed E-state index contributed by atoms with van der Waals surface area (Å²) in [6.07, 6.45) is 5.89. The summed E-state index contributed by atoms with van der Waals surface area (Å²) in [4.78, 5) is 0. The molecule has 0 aliphatic heterocycles. The second-order valence-corrected chi connectivity index (χ2v) is 4.17. The van der Waals surface area contributed by atoms with Crippen molar-refractivity contribution in [2.45, 2.75) is 52.6 Å². The third-order valence-corrected chi connectivity index (χ3v) is 2.65. The first-order chi connectivity index (χ1) is 7.30. The Morgan fingerprint density at radius 3 is 2.00 bits per heavy atom. The van der Waals surface area contributed by atoms with Gasteiger partial charge in [-0.05, 0) is 36.0 Å². The molecule has 0 bridgehead atoms. The van der Waals surface area contributed by atoms with Crippen LogP contribution < -0.4 is 0 Å². The van der Waals surface area contributed by atoms with Crippen LogP contribution in [0.5, 0.6) is 0 Å². The van der Waals surface area contributed by atoms with Crippen LogP contribution in [0.1, 0.15) is 49.8 Å². The number of aliphatic hydroxyl groups excluding tert-OH is 1. The molecule has 0 saturated heterocycles. The lowest BCUT2D eigenvalue weighted by atomic mass is 10.00. The zero-order valence-corrected chi connectivity index (χ0v) is 9.92. The van der Waals surface area contributed by atoms with Gasteiger partial charge in [0.05, 0.1) is 6.61 Å². The van der Waals surface area contributed by atoms with E-state index in [9.17, 15) is 5.11 Å². The van der Waals surface area contributed by atoms with Gasteiger partial charge in [-0.25, -0.2) is 0 Å². The third kappa shape index (κ3) is 4.05. The smallest absolute Gasteiger partial charge is 0.0682 e. The van der Waals surface area contributed by atoms with Gasteiger partial charge >= 0.3 is 0 Å². The molecular weight excluding hydrogens is 184 g/mol. The lowest BCUT2D eigenvalue weighted by molar-refractivity contribution is 0.281. The number of aliphatic hydroxyl groups is 1. The van der Waals surface area contributed by atoms with Crippen molar-refractivity contribution < 1.29 is 5.11 Å². The van der Waals surface area contributed by atoms with Gasteiger partial charge in [-0.15, -0.1) is 0 Å². The first-order valence-corrected chi connectivity index (χ1v) is 6.02. The van der Waals surface area contributed by atoms with Gasteiger partial charge in [-0.1, -0.05) is 44.9 Å². The predicted molar refractivity (Wildman–Crippen MR) is 65.0 cm³/mol. The standard InChI is InChI=1S/C14H22O/c1-3-5-7-13-8-12(6-4-2)9-14(10-13)11-15/h8-10,15H,3-7,11H2,1-2H3. The predicted octanol–water partition coefficient (Wildman–Crippen LogP) is 3.47. The van der Waals surface area contributed by atoms with Gasteiger partial charge in [0.2, 0.25) is 0 Å². The van der Waals surface area contributed by atoms with Crippen LogP contribution >= 0.6 is 0 Å². The Morgan fingerprint density at radius 2 is 1.47 bits per heavy atom. The van der Waals surface area contributed by atoms with E-state index in [1.54, 1.807) is 0 Å². The molecule has 0 spiro atoms. The van der Waals surface area contributed by atoms with E-state index in [4.69, 9.17) is 0 Å². The monoisotopic (exact) mass is 206 g/mol. The Morgan fingerprint density at radius 1 is 0.867 bits per heavy atom. The molecule has 0 amide bonds. The molecule has 0 heterocycles. The van der Waals surface area contributed by atoms with E-state index in [2.05, 4.69) is 32.0 Å². The van der Waals surface area contributed by atoms with Gasteiger partial charge in [0, 0.05) is 0 Å². The van der Waals surface area contributed by atoms with E-state index in [0.29, 0.717) is 0 Å². The van der Waals surface area contributed by atoms with E-state index >= 15 is 0 Å². The molecule has 1 rings (SSSR count). The molecule has 0 aliphatic rings. The molecule has 1 aromatic rings. The van der Waals surface area contributed by atoms with Crippen molar-refractivity contribution in [1.29, 1.82) is 0 Å². The highest BCUT2D eigenvalue weighted by Crippen LogP contribution is 2.14. The molecule has 84 valence electrons. The molecule has 1 heteroatoms. The van der Waals surface area contributed by atoms with Crippen LogP contribution in [0.3, 0.4) is 0 Å². The number of hydrogen-bond donors (Lipinski definition) is 1. The molecule has 0 aliphatic carbocycles. The molecule has 0 unspecified atom stereocenters. The topological polar surface area (TPSA) is 20.2 Å². The third-order valence-electron chi connectivity index (χ3n) is 2.65. The minimum Gasteiger partial charge on any atom is -0.392 e. The molecule has 1 N–H and O–H groups in total. The van der Waals surface area contributed by atoms with Crippen LogP contribution in [0.25, 0.3) is 0 Å². The summed E-state index contributed by atoms with van der Waals surface area (Å²) in [7, 11) is 0. The zero-order chi connectivity index (χ0) is 11.1. The summed E-state index contributed by atoms with van der Waals surface area (Å²) in [6.45, 7) is 4.57. The zero-order valence-electron chi connectivity index (χ0n) is 9.92. The minimum absolute atomic E-state index is 0.163. The molecule has 15 heavy (non-hydrogen) atoms. The van der Waals surface area contributed by atoms with Crippen LogP contribution in [-0.4, -0.2) is 5.11 Å². The SMILES string of the molecule is CCCCc1cc(CO)cc(CCC)c1. The van der Waals surface area contributed by atoms with E-state index in [0.717, 1.165) is 18.4 Å². The van der Waals surface area contributed by atoms with E-state index < -0.39 is 0 Å². The second kappa shape index (κ2) is 6.62. The summed E-state index contributed by atoms with van der Waals surface area (Å²) in [5.74, 6) is 0. The lowest BCUT2D eigenvalue weighted by Crippen LogP contribution is -1.94. The minimum atomic E-state index is 0.163. The van der Waals surface area contributed by atoms with Gasteiger partial charge < -0.3 is 5.11 Å². The largest absolute Gasteiger partial charge is 0.392 e. The van der Waals surface area contributed by atoms with Crippen LogP contribution in [0.15, 0.2) is 18.2 Å². The maximum absolute atomic E-state index is 9.18. The Labute approximate surface area is 93.1 Å². The molecule has 0 saturated carbocycles. The fourth-order valence-electron chi connectivity index (χ4n) is 1.89. The second-order valence-electron chi connectivity index (χ2n) is 4.17. The van der Waals surface area contributed by atoms with E-state index in [1.165, 1.54) is 30.4 Å². The highest BCUT2D eigenvalue weighted by atomic mass is 16.3. The fraction of sp³-hybridized carbons (Fsp3) is 0.571. The Bertz CT molecular complexity index is 291. The van der Waals surface area contributed by atoms with Gasteiger partial charge in [0.25, 0.3) is 0 Å². The van der Waals surface area contributed by atoms with Gasteiger partial charge in [-0.3, -0.25) is 0 Å². The van der Waals surface area contributed by atoms with E-state index in [1.807, 2.05) is 0 Å². The highest BCUT2D eigenvalue weighted by molar-refractivity contribution is 5.30. The average molecular weight is 206 g/mol. The summed E-state index contributed by atoms with van der Waals surface area (Å²) in [6, 6.07) is 6.55. The average Bonchev–Trinajstić information content (AvgIpc) is 2.26. The summed E-state index contributed by atoms with van der Waals surface area (Å²) >= 11 is 0. The molecule has 1 aromatic carbocycles. The summed E-state index contributed by atoms with van der Waals surface area (Å²) < 4.78 is 0. The van der Waals surface area contributed by atoms with Crippen molar-refractivity contribution >= 4 is 0 Å². The lowest BCUT2D eigenvalue weighted by Gasteiger charge is -2.07. The normalized spacial score (nSPS) is 10.6. The highest BCUT2D eigenvalue weighted by Gasteiger charge is 2.00. The number of benzene rings is 1. The van der Waals surface area contributed by atoms with Crippen molar-refractivity contribution in [2.24, 2.45) is 0 Å². The van der Waals surface area contributed by atoms with Gasteiger partial charge in [0.15, 0.2) is 0 Å². The van der Waals surface area contributed by atoms with Crippen molar-refractivity contribution in [3.63, 3.8) is 0 Å².